The number of aryl methyl sites for hydroxylation is 1. The molecule has 152 valence electrons. The predicted octanol–water partition coefficient (Wildman–Crippen LogP) is 4.01. The first kappa shape index (κ1) is 19.0. The summed E-state index contributed by atoms with van der Waals surface area (Å²) in [5.74, 6) is 1.03. The lowest BCUT2D eigenvalue weighted by atomic mass is 10.1. The molecule has 0 atom stereocenters. The van der Waals surface area contributed by atoms with E-state index in [4.69, 9.17) is 11.6 Å². The van der Waals surface area contributed by atoms with Gasteiger partial charge in [0.2, 0.25) is 0 Å². The first-order valence-electron chi connectivity index (χ1n) is 10.1. The van der Waals surface area contributed by atoms with Crippen LogP contribution in [-0.4, -0.2) is 50.8 Å². The number of piperazine rings is 1. The van der Waals surface area contributed by atoms with Gasteiger partial charge in [-0.1, -0.05) is 35.9 Å². The molecule has 1 aliphatic rings. The smallest absolute Gasteiger partial charge is 0.139 e. The molecular formula is C23H23ClN6. The number of rotatable bonds is 4. The van der Waals surface area contributed by atoms with Crippen molar-refractivity contribution in [2.45, 2.75) is 6.54 Å². The van der Waals surface area contributed by atoms with Crippen molar-refractivity contribution in [2.75, 3.05) is 31.1 Å². The highest BCUT2D eigenvalue weighted by Gasteiger charge is 2.22. The molecule has 0 radical (unpaired) electrons. The molecule has 2 aromatic carbocycles. The van der Waals surface area contributed by atoms with Gasteiger partial charge in [-0.15, -0.1) is 0 Å². The summed E-state index contributed by atoms with van der Waals surface area (Å²) in [6, 6.07) is 16.1. The molecule has 1 fully saturated rings. The van der Waals surface area contributed by atoms with Crippen molar-refractivity contribution >= 4 is 28.3 Å². The fraction of sp³-hybridized carbons (Fsp3) is 0.261. The molecule has 2 aromatic heterocycles. The quantitative estimate of drug-likeness (QED) is 0.501. The van der Waals surface area contributed by atoms with Gasteiger partial charge in [-0.05, 0) is 24.3 Å². The Bertz CT molecular complexity index is 1170. The molecule has 0 spiro atoms. The van der Waals surface area contributed by atoms with E-state index in [0.717, 1.165) is 65.7 Å². The molecule has 0 N–H and O–H groups in total. The van der Waals surface area contributed by atoms with Crippen LogP contribution >= 0.6 is 11.6 Å². The molecule has 6 nitrogen and oxygen atoms in total. The number of halogens is 1. The molecule has 7 heteroatoms. The standard InChI is InChI=1S/C23H23ClN6/c1-28-14-18(22(27-28)17-5-4-6-19(24)13-17)15-29-9-11-30(12-10-29)23-20-7-2-3-8-21(20)25-16-26-23/h2-8,13-14,16H,9-12,15H2,1H3. The van der Waals surface area contributed by atoms with Gasteiger partial charge in [0.25, 0.3) is 0 Å². The number of para-hydroxylation sites is 1. The Labute approximate surface area is 180 Å². The molecule has 5 rings (SSSR count). The van der Waals surface area contributed by atoms with Gasteiger partial charge in [-0.2, -0.15) is 5.10 Å². The van der Waals surface area contributed by atoms with Crippen LogP contribution in [0.2, 0.25) is 5.02 Å². The van der Waals surface area contributed by atoms with Gasteiger partial charge in [-0.25, -0.2) is 9.97 Å². The maximum Gasteiger partial charge on any atom is 0.139 e. The first-order chi connectivity index (χ1) is 14.7. The van der Waals surface area contributed by atoms with Crippen molar-refractivity contribution in [3.8, 4) is 11.3 Å². The Kier molecular flexibility index (Phi) is 5.11. The van der Waals surface area contributed by atoms with Crippen LogP contribution in [0.25, 0.3) is 22.2 Å². The average molecular weight is 419 g/mol. The highest BCUT2D eigenvalue weighted by Crippen LogP contribution is 2.27. The number of anilines is 1. The number of fused-ring (bicyclic) bond motifs is 1. The Morgan fingerprint density at radius 2 is 1.80 bits per heavy atom. The maximum absolute atomic E-state index is 6.20. The van der Waals surface area contributed by atoms with Gasteiger partial charge in [0.15, 0.2) is 0 Å². The number of hydrogen-bond acceptors (Lipinski definition) is 5. The number of hydrogen-bond donors (Lipinski definition) is 0. The summed E-state index contributed by atoms with van der Waals surface area (Å²) in [5, 5.41) is 6.53. The molecule has 0 amide bonds. The minimum absolute atomic E-state index is 0.731. The monoisotopic (exact) mass is 418 g/mol. The van der Waals surface area contributed by atoms with Gasteiger partial charge < -0.3 is 4.90 Å². The van der Waals surface area contributed by atoms with Crippen LogP contribution in [0, 0.1) is 0 Å². The lowest BCUT2D eigenvalue weighted by Crippen LogP contribution is -2.46. The van der Waals surface area contributed by atoms with Crippen molar-refractivity contribution in [1.82, 2.24) is 24.6 Å². The summed E-state index contributed by atoms with van der Waals surface area (Å²) in [6.45, 7) is 4.69. The number of aromatic nitrogens is 4. The third kappa shape index (κ3) is 3.76. The van der Waals surface area contributed by atoms with Crippen molar-refractivity contribution in [2.24, 2.45) is 7.05 Å². The van der Waals surface area contributed by atoms with E-state index in [9.17, 15) is 0 Å². The fourth-order valence-corrected chi connectivity index (χ4v) is 4.32. The Balaban J connectivity index is 1.31. The van der Waals surface area contributed by atoms with E-state index in [-0.39, 0.29) is 0 Å². The van der Waals surface area contributed by atoms with Gasteiger partial charge in [0.05, 0.1) is 11.2 Å². The maximum atomic E-state index is 6.20. The highest BCUT2D eigenvalue weighted by atomic mass is 35.5. The van der Waals surface area contributed by atoms with E-state index < -0.39 is 0 Å². The third-order valence-corrected chi connectivity index (χ3v) is 5.83. The Hall–Kier alpha value is -2.96. The molecule has 3 heterocycles. The van der Waals surface area contributed by atoms with Gasteiger partial charge in [0.1, 0.15) is 12.1 Å². The van der Waals surface area contributed by atoms with Crippen LogP contribution in [0.4, 0.5) is 5.82 Å². The normalized spacial score (nSPS) is 15.1. The van der Waals surface area contributed by atoms with E-state index in [0.29, 0.717) is 0 Å². The SMILES string of the molecule is Cn1cc(CN2CCN(c3ncnc4ccccc34)CC2)c(-c2cccc(Cl)c2)n1. The molecule has 0 bridgehead atoms. The molecule has 0 saturated carbocycles. The second kappa shape index (κ2) is 8.05. The summed E-state index contributed by atoms with van der Waals surface area (Å²) in [4.78, 5) is 13.8. The Morgan fingerprint density at radius 1 is 0.967 bits per heavy atom. The van der Waals surface area contributed by atoms with Crippen molar-refractivity contribution < 1.29 is 0 Å². The molecule has 0 aliphatic carbocycles. The molecular weight excluding hydrogens is 396 g/mol. The summed E-state index contributed by atoms with van der Waals surface area (Å²) >= 11 is 6.20. The zero-order valence-electron chi connectivity index (χ0n) is 16.9. The van der Waals surface area contributed by atoms with E-state index >= 15 is 0 Å². The lowest BCUT2D eigenvalue weighted by Gasteiger charge is -2.35. The largest absolute Gasteiger partial charge is 0.353 e. The summed E-state index contributed by atoms with van der Waals surface area (Å²) in [7, 11) is 1.97. The van der Waals surface area contributed by atoms with Crippen molar-refractivity contribution in [1.29, 1.82) is 0 Å². The first-order valence-corrected chi connectivity index (χ1v) is 10.5. The molecule has 1 saturated heterocycles. The summed E-state index contributed by atoms with van der Waals surface area (Å²) in [6.07, 6.45) is 3.78. The van der Waals surface area contributed by atoms with Crippen LogP contribution in [0.1, 0.15) is 5.56 Å². The highest BCUT2D eigenvalue weighted by molar-refractivity contribution is 6.30. The second-order valence-electron chi connectivity index (χ2n) is 7.66. The molecule has 1 aliphatic heterocycles. The molecule has 30 heavy (non-hydrogen) atoms. The Morgan fingerprint density at radius 3 is 2.63 bits per heavy atom. The third-order valence-electron chi connectivity index (χ3n) is 5.59. The van der Waals surface area contributed by atoms with E-state index in [1.54, 1.807) is 6.33 Å². The van der Waals surface area contributed by atoms with Crippen LogP contribution in [-0.2, 0) is 13.6 Å². The molecule has 4 aromatic rings. The topological polar surface area (TPSA) is 50.1 Å². The van der Waals surface area contributed by atoms with Crippen molar-refractivity contribution in [3.63, 3.8) is 0 Å². The van der Waals surface area contributed by atoms with Gasteiger partial charge in [-0.3, -0.25) is 9.58 Å². The van der Waals surface area contributed by atoms with E-state index in [1.807, 2.05) is 48.1 Å². The predicted molar refractivity (Wildman–Crippen MR) is 121 cm³/mol. The summed E-state index contributed by atoms with van der Waals surface area (Å²) in [5.41, 5.74) is 4.28. The van der Waals surface area contributed by atoms with Crippen molar-refractivity contribution in [3.05, 3.63) is 71.6 Å². The second-order valence-corrected chi connectivity index (χ2v) is 8.10. The van der Waals surface area contributed by atoms with Crippen LogP contribution in [0.3, 0.4) is 0 Å². The van der Waals surface area contributed by atoms with Gasteiger partial charge >= 0.3 is 0 Å². The minimum atomic E-state index is 0.731. The van der Waals surface area contributed by atoms with Crippen LogP contribution in [0.5, 0.6) is 0 Å². The van der Waals surface area contributed by atoms with Crippen LogP contribution in [0.15, 0.2) is 61.1 Å². The van der Waals surface area contributed by atoms with Crippen LogP contribution < -0.4 is 4.90 Å². The van der Waals surface area contributed by atoms with Gasteiger partial charge in [0, 0.05) is 67.5 Å². The zero-order chi connectivity index (χ0) is 20.5. The minimum Gasteiger partial charge on any atom is -0.353 e. The molecule has 0 unspecified atom stereocenters. The number of nitrogens with zero attached hydrogens (tertiary/aromatic N) is 6. The lowest BCUT2D eigenvalue weighted by molar-refractivity contribution is 0.249. The van der Waals surface area contributed by atoms with E-state index in [1.165, 1.54) is 5.56 Å². The number of benzene rings is 2. The average Bonchev–Trinajstić information content (AvgIpc) is 3.14. The van der Waals surface area contributed by atoms with E-state index in [2.05, 4.69) is 43.2 Å². The summed E-state index contributed by atoms with van der Waals surface area (Å²) < 4.78 is 1.88. The zero-order valence-corrected chi connectivity index (χ0v) is 17.6. The fourth-order valence-electron chi connectivity index (χ4n) is 4.13.